The van der Waals surface area contributed by atoms with Crippen molar-refractivity contribution in [2.75, 3.05) is 13.1 Å². The van der Waals surface area contributed by atoms with Crippen LogP contribution in [-0.2, 0) is 0 Å². The molecule has 1 amide bonds. The zero-order chi connectivity index (χ0) is 36.5. The standard InChI is InChI=1S/C47H82N2O2/c1-3-5-7-9-11-13-15-17-19-21-23-25-27-29-31-35-41-49(48-47(51)45-40-39-43-37-33-34-38-44(43)46(45)50)42-36-32-30-28-26-24-22-20-18-16-14-12-10-8-6-4-2/h33-34,37-40,50H,3-32,35-36,41-42H2,1-2H3,(H,48,51). The average molecular weight is 707 g/mol. The maximum absolute atomic E-state index is 13.4. The first-order valence-electron chi connectivity index (χ1n) is 22.4. The first kappa shape index (κ1) is 45.1. The van der Waals surface area contributed by atoms with E-state index < -0.39 is 0 Å². The molecule has 0 aliphatic heterocycles. The molecule has 0 radical (unpaired) electrons. The van der Waals surface area contributed by atoms with Crippen LogP contribution in [0, 0.1) is 0 Å². The second-order valence-corrected chi connectivity index (χ2v) is 15.7. The van der Waals surface area contributed by atoms with Crippen molar-refractivity contribution in [3.8, 4) is 5.75 Å². The van der Waals surface area contributed by atoms with Gasteiger partial charge in [0, 0.05) is 18.5 Å². The highest BCUT2D eigenvalue weighted by molar-refractivity contribution is 6.03. The van der Waals surface area contributed by atoms with Gasteiger partial charge in [-0.2, -0.15) is 0 Å². The van der Waals surface area contributed by atoms with E-state index >= 15 is 0 Å². The predicted molar refractivity (Wildman–Crippen MR) is 224 cm³/mol. The number of carbonyl (C=O) groups excluding carboxylic acids is 1. The molecule has 2 aromatic rings. The molecule has 0 aromatic heterocycles. The van der Waals surface area contributed by atoms with Gasteiger partial charge >= 0.3 is 0 Å². The van der Waals surface area contributed by atoms with Crippen molar-refractivity contribution in [1.29, 1.82) is 0 Å². The number of nitrogens with one attached hydrogen (secondary N) is 1. The highest BCUT2D eigenvalue weighted by Gasteiger charge is 2.16. The lowest BCUT2D eigenvalue weighted by molar-refractivity contribution is 0.0777. The molecule has 0 saturated carbocycles. The summed E-state index contributed by atoms with van der Waals surface area (Å²) in [7, 11) is 0. The summed E-state index contributed by atoms with van der Waals surface area (Å²) in [6, 6.07) is 11.4. The van der Waals surface area contributed by atoms with Crippen molar-refractivity contribution < 1.29 is 9.90 Å². The summed E-state index contributed by atoms with van der Waals surface area (Å²) in [6.45, 7) is 6.33. The van der Waals surface area contributed by atoms with Crippen molar-refractivity contribution in [2.24, 2.45) is 0 Å². The second kappa shape index (κ2) is 32.6. The fourth-order valence-electron chi connectivity index (χ4n) is 7.57. The molecule has 0 atom stereocenters. The molecule has 0 aliphatic carbocycles. The van der Waals surface area contributed by atoms with Gasteiger partial charge in [0.15, 0.2) is 0 Å². The number of carbonyl (C=O) groups is 1. The molecule has 292 valence electrons. The number of hydrazine groups is 1. The van der Waals surface area contributed by atoms with E-state index in [1.54, 1.807) is 6.07 Å². The van der Waals surface area contributed by atoms with Gasteiger partial charge in [0.2, 0.25) is 0 Å². The quantitative estimate of drug-likeness (QED) is 0.0548. The molecule has 0 aliphatic rings. The third-order valence-electron chi connectivity index (χ3n) is 11.0. The zero-order valence-corrected chi connectivity index (χ0v) is 33.8. The lowest BCUT2D eigenvalue weighted by Gasteiger charge is -2.23. The number of phenolic OH excluding ortho intramolecular Hbond substituents is 1. The number of benzene rings is 2. The molecule has 2 rings (SSSR count). The molecule has 4 heteroatoms. The van der Waals surface area contributed by atoms with Gasteiger partial charge in [-0.3, -0.25) is 10.2 Å². The molecular weight excluding hydrogens is 625 g/mol. The van der Waals surface area contributed by atoms with Gasteiger partial charge in [0.1, 0.15) is 5.75 Å². The molecule has 4 nitrogen and oxygen atoms in total. The minimum Gasteiger partial charge on any atom is -0.506 e. The van der Waals surface area contributed by atoms with Gasteiger partial charge < -0.3 is 5.11 Å². The molecule has 0 heterocycles. The van der Waals surface area contributed by atoms with Crippen LogP contribution in [0.4, 0.5) is 0 Å². The fourth-order valence-corrected chi connectivity index (χ4v) is 7.57. The van der Waals surface area contributed by atoms with Crippen LogP contribution in [-0.4, -0.2) is 29.1 Å². The van der Waals surface area contributed by atoms with Crippen LogP contribution in [0.1, 0.15) is 230 Å². The Balaban J connectivity index is 1.60. The molecule has 0 saturated heterocycles. The summed E-state index contributed by atoms with van der Waals surface area (Å²) < 4.78 is 0. The summed E-state index contributed by atoms with van der Waals surface area (Å²) in [6.07, 6.45) is 43.6. The molecule has 0 spiro atoms. The smallest absolute Gasteiger partial charge is 0.269 e. The Labute approximate surface area is 316 Å². The molecule has 0 bridgehead atoms. The Kier molecular flexibility index (Phi) is 28.8. The van der Waals surface area contributed by atoms with Crippen LogP contribution in [0.2, 0.25) is 0 Å². The second-order valence-electron chi connectivity index (χ2n) is 15.7. The van der Waals surface area contributed by atoms with E-state index in [1.165, 1.54) is 193 Å². The summed E-state index contributed by atoms with van der Waals surface area (Å²) in [5.74, 6) is -0.124. The SMILES string of the molecule is CCCCCCCCCCCCCCCCCCN(CCCCCCCCCCCCCCCCCC)NC(=O)c1ccc2ccccc2c1O. The van der Waals surface area contributed by atoms with Gasteiger partial charge in [-0.15, -0.1) is 0 Å². The number of phenols is 1. The Morgan fingerprint density at radius 3 is 1.18 bits per heavy atom. The largest absolute Gasteiger partial charge is 0.506 e. The lowest BCUT2D eigenvalue weighted by atomic mass is 10.0. The monoisotopic (exact) mass is 707 g/mol. The van der Waals surface area contributed by atoms with E-state index in [-0.39, 0.29) is 11.7 Å². The van der Waals surface area contributed by atoms with Gasteiger partial charge in [0.05, 0.1) is 5.56 Å². The fraction of sp³-hybridized carbons (Fsp3) is 0.766. The summed E-state index contributed by atoms with van der Waals surface area (Å²) in [4.78, 5) is 13.4. The predicted octanol–water partition coefficient (Wildman–Crippen LogP) is 15.0. The van der Waals surface area contributed by atoms with E-state index in [1.807, 2.05) is 30.3 Å². The molecule has 51 heavy (non-hydrogen) atoms. The normalized spacial score (nSPS) is 11.6. The Hall–Kier alpha value is -2.07. The number of fused-ring (bicyclic) bond motifs is 1. The third-order valence-corrected chi connectivity index (χ3v) is 11.0. The van der Waals surface area contributed by atoms with Crippen molar-refractivity contribution in [3.05, 3.63) is 42.0 Å². The Morgan fingerprint density at radius 1 is 0.471 bits per heavy atom. The van der Waals surface area contributed by atoms with Gasteiger partial charge in [-0.1, -0.05) is 237 Å². The number of hydrogen-bond donors (Lipinski definition) is 2. The van der Waals surface area contributed by atoms with E-state index in [2.05, 4.69) is 24.3 Å². The number of nitrogens with zero attached hydrogens (tertiary/aromatic N) is 1. The average Bonchev–Trinajstić information content (AvgIpc) is 3.14. The molecular formula is C47H82N2O2. The van der Waals surface area contributed by atoms with E-state index in [4.69, 9.17) is 0 Å². The minimum absolute atomic E-state index is 0.0790. The number of amides is 1. The number of aromatic hydroxyl groups is 1. The molecule has 2 N–H and O–H groups in total. The van der Waals surface area contributed by atoms with E-state index in [9.17, 15) is 9.90 Å². The Bertz CT molecular complexity index is 1050. The van der Waals surface area contributed by atoms with Gasteiger partial charge in [-0.25, -0.2) is 5.01 Å². The summed E-state index contributed by atoms with van der Waals surface area (Å²) in [5, 5.41) is 14.7. The summed E-state index contributed by atoms with van der Waals surface area (Å²) in [5.41, 5.74) is 3.54. The maximum atomic E-state index is 13.4. The van der Waals surface area contributed by atoms with E-state index in [0.29, 0.717) is 5.56 Å². The number of hydrogen-bond acceptors (Lipinski definition) is 3. The number of rotatable bonds is 36. The highest BCUT2D eigenvalue weighted by atomic mass is 16.3. The molecule has 0 fully saturated rings. The molecule has 0 unspecified atom stereocenters. The first-order chi connectivity index (χ1) is 25.2. The van der Waals surface area contributed by atoms with Crippen molar-refractivity contribution in [3.63, 3.8) is 0 Å². The van der Waals surface area contributed by atoms with Gasteiger partial charge in [-0.05, 0) is 24.3 Å². The number of unbranched alkanes of at least 4 members (excludes halogenated alkanes) is 30. The van der Waals surface area contributed by atoms with E-state index in [0.717, 1.165) is 36.7 Å². The van der Waals surface area contributed by atoms with Crippen LogP contribution < -0.4 is 5.43 Å². The van der Waals surface area contributed by atoms with Crippen molar-refractivity contribution in [2.45, 2.75) is 219 Å². The van der Waals surface area contributed by atoms with Crippen molar-refractivity contribution >= 4 is 16.7 Å². The van der Waals surface area contributed by atoms with Crippen LogP contribution in [0.15, 0.2) is 36.4 Å². The van der Waals surface area contributed by atoms with Crippen LogP contribution >= 0.6 is 0 Å². The maximum Gasteiger partial charge on any atom is 0.269 e. The van der Waals surface area contributed by atoms with Crippen LogP contribution in [0.3, 0.4) is 0 Å². The lowest BCUT2D eigenvalue weighted by Crippen LogP contribution is -2.43. The Morgan fingerprint density at radius 2 is 0.804 bits per heavy atom. The summed E-state index contributed by atoms with van der Waals surface area (Å²) >= 11 is 0. The topological polar surface area (TPSA) is 52.6 Å². The van der Waals surface area contributed by atoms with Gasteiger partial charge in [0.25, 0.3) is 5.91 Å². The van der Waals surface area contributed by atoms with Crippen molar-refractivity contribution in [1.82, 2.24) is 10.4 Å². The zero-order valence-electron chi connectivity index (χ0n) is 33.8. The highest BCUT2D eigenvalue weighted by Crippen LogP contribution is 2.28. The minimum atomic E-state index is -0.203. The first-order valence-corrected chi connectivity index (χ1v) is 22.4. The third kappa shape index (κ3) is 23.3. The van der Waals surface area contributed by atoms with Crippen LogP contribution in [0.5, 0.6) is 5.75 Å². The van der Waals surface area contributed by atoms with Crippen LogP contribution in [0.25, 0.3) is 10.8 Å². The molecule has 2 aromatic carbocycles.